The summed E-state index contributed by atoms with van der Waals surface area (Å²) < 4.78 is 0. The lowest BCUT2D eigenvalue weighted by Crippen LogP contribution is -2.10. The van der Waals surface area contributed by atoms with Crippen molar-refractivity contribution in [3.63, 3.8) is 0 Å². The van der Waals surface area contributed by atoms with Gasteiger partial charge in [-0.2, -0.15) is 0 Å². The topological polar surface area (TPSA) is 0 Å². The van der Waals surface area contributed by atoms with Gasteiger partial charge in [-0.1, -0.05) is 72.3 Å². The molecular weight excluding hydrogens is 240 g/mol. The first-order chi connectivity index (χ1) is 9.92. The van der Waals surface area contributed by atoms with Crippen molar-refractivity contribution in [1.29, 1.82) is 0 Å². The van der Waals surface area contributed by atoms with Gasteiger partial charge >= 0.3 is 0 Å². The average molecular weight is 260 g/mol. The first-order valence-electron chi connectivity index (χ1n) is 7.73. The average Bonchev–Trinajstić information content (AvgIpc) is 3.13. The Labute approximate surface area is 121 Å². The third kappa shape index (κ3) is 2.00. The highest BCUT2D eigenvalue weighted by Gasteiger charge is 2.36. The zero-order chi connectivity index (χ0) is 13.4. The number of allylic oxidation sites excluding steroid dienone is 2. The van der Waals surface area contributed by atoms with E-state index in [2.05, 4.69) is 66.7 Å². The highest BCUT2D eigenvalue weighted by atomic mass is 14.4. The largest absolute Gasteiger partial charge is 0.0810 e. The molecule has 1 fully saturated rings. The van der Waals surface area contributed by atoms with Crippen molar-refractivity contribution in [2.24, 2.45) is 11.8 Å². The molecule has 0 amide bonds. The smallest absolute Gasteiger partial charge is 0.0301 e. The van der Waals surface area contributed by atoms with Crippen LogP contribution in [0.5, 0.6) is 0 Å². The van der Waals surface area contributed by atoms with Crippen LogP contribution in [-0.2, 0) is 0 Å². The molecule has 0 radical (unpaired) electrons. The van der Waals surface area contributed by atoms with Crippen molar-refractivity contribution in [3.8, 4) is 0 Å². The van der Waals surface area contributed by atoms with Gasteiger partial charge in [-0.05, 0) is 42.2 Å². The molecule has 2 atom stereocenters. The highest BCUT2D eigenvalue weighted by molar-refractivity contribution is 5.44. The molecule has 0 spiro atoms. The molecule has 2 aromatic carbocycles. The summed E-state index contributed by atoms with van der Waals surface area (Å²) in [5.74, 6) is 2.14. The zero-order valence-corrected chi connectivity index (χ0v) is 11.7. The Morgan fingerprint density at radius 3 is 1.80 bits per heavy atom. The van der Waals surface area contributed by atoms with Crippen LogP contribution in [0.3, 0.4) is 0 Å². The molecule has 0 nitrogen and oxygen atoms in total. The number of hydrogen-bond acceptors (Lipinski definition) is 0. The van der Waals surface area contributed by atoms with E-state index < -0.39 is 0 Å². The highest BCUT2D eigenvalue weighted by Crippen LogP contribution is 2.50. The maximum absolute atomic E-state index is 2.58. The van der Waals surface area contributed by atoms with Crippen molar-refractivity contribution >= 4 is 0 Å². The van der Waals surface area contributed by atoms with Crippen LogP contribution in [-0.4, -0.2) is 0 Å². The van der Waals surface area contributed by atoms with Crippen molar-refractivity contribution in [3.05, 3.63) is 83.4 Å². The fraction of sp³-hybridized carbons (Fsp3) is 0.300. The summed E-state index contributed by atoms with van der Waals surface area (Å²) >= 11 is 0. The first kappa shape index (κ1) is 12.0. The van der Waals surface area contributed by atoms with Crippen LogP contribution in [0.4, 0.5) is 0 Å². The lowest BCUT2D eigenvalue weighted by Gasteiger charge is -2.25. The molecule has 0 heteroatoms. The van der Waals surface area contributed by atoms with Crippen LogP contribution in [0.1, 0.15) is 36.3 Å². The minimum atomic E-state index is 0.465. The molecular formula is C20H20. The molecule has 0 aromatic heterocycles. The van der Waals surface area contributed by atoms with Crippen LogP contribution < -0.4 is 0 Å². The second-order valence-corrected chi connectivity index (χ2v) is 6.19. The third-order valence-corrected chi connectivity index (χ3v) is 4.97. The molecule has 100 valence electrons. The predicted octanol–water partition coefficient (Wildman–Crippen LogP) is 5.17. The summed E-state index contributed by atoms with van der Waals surface area (Å²) in [5.41, 5.74) is 4.56. The summed E-state index contributed by atoms with van der Waals surface area (Å²) in [6, 6.07) is 22.0. The van der Waals surface area contributed by atoms with Crippen LogP contribution in [0.2, 0.25) is 0 Å². The lowest BCUT2D eigenvalue weighted by atomic mass is 9.79. The Morgan fingerprint density at radius 2 is 1.35 bits per heavy atom. The van der Waals surface area contributed by atoms with Gasteiger partial charge in [0.25, 0.3) is 0 Å². The van der Waals surface area contributed by atoms with Gasteiger partial charge in [0.05, 0.1) is 0 Å². The first-order valence-corrected chi connectivity index (χ1v) is 7.73. The number of hydrogen-bond donors (Lipinski definition) is 0. The maximum atomic E-state index is 2.58. The second kappa shape index (κ2) is 4.94. The SMILES string of the molecule is C1=C(C(c2ccccc2)c2ccccc2)C2CCC1C2. The fourth-order valence-corrected chi connectivity index (χ4v) is 4.08. The van der Waals surface area contributed by atoms with Gasteiger partial charge in [0.1, 0.15) is 0 Å². The number of rotatable bonds is 3. The molecule has 20 heavy (non-hydrogen) atoms. The van der Waals surface area contributed by atoms with E-state index in [1.807, 2.05) is 0 Å². The maximum Gasteiger partial charge on any atom is 0.0301 e. The van der Waals surface area contributed by atoms with E-state index in [9.17, 15) is 0 Å². The summed E-state index contributed by atoms with van der Waals surface area (Å²) in [6.45, 7) is 0. The second-order valence-electron chi connectivity index (χ2n) is 6.19. The van der Waals surface area contributed by atoms with Crippen LogP contribution in [0.25, 0.3) is 0 Å². The summed E-state index contributed by atoms with van der Waals surface area (Å²) in [6.07, 6.45) is 6.78. The fourth-order valence-electron chi connectivity index (χ4n) is 4.08. The molecule has 1 saturated carbocycles. The van der Waals surface area contributed by atoms with Crippen molar-refractivity contribution in [2.45, 2.75) is 25.2 Å². The molecule has 4 rings (SSSR count). The molecule has 0 N–H and O–H groups in total. The zero-order valence-electron chi connectivity index (χ0n) is 11.7. The molecule has 2 unspecified atom stereocenters. The normalized spacial score (nSPS) is 24.1. The minimum absolute atomic E-state index is 0.465. The molecule has 2 bridgehead atoms. The Kier molecular flexibility index (Phi) is 2.95. The van der Waals surface area contributed by atoms with Crippen LogP contribution >= 0.6 is 0 Å². The predicted molar refractivity (Wildman–Crippen MR) is 83.6 cm³/mol. The lowest BCUT2D eigenvalue weighted by molar-refractivity contribution is 0.618. The van der Waals surface area contributed by atoms with Gasteiger partial charge in [0.2, 0.25) is 0 Å². The van der Waals surface area contributed by atoms with Crippen molar-refractivity contribution in [1.82, 2.24) is 0 Å². The van der Waals surface area contributed by atoms with Gasteiger partial charge in [0.15, 0.2) is 0 Å². The Hall–Kier alpha value is -1.82. The third-order valence-electron chi connectivity index (χ3n) is 4.97. The van der Waals surface area contributed by atoms with Crippen LogP contribution in [0.15, 0.2) is 72.3 Å². The van der Waals surface area contributed by atoms with E-state index in [-0.39, 0.29) is 0 Å². The Morgan fingerprint density at radius 1 is 0.750 bits per heavy atom. The van der Waals surface area contributed by atoms with Crippen molar-refractivity contribution < 1.29 is 0 Å². The molecule has 0 aliphatic heterocycles. The van der Waals surface area contributed by atoms with Gasteiger partial charge in [-0.3, -0.25) is 0 Å². The molecule has 2 aromatic rings. The summed E-state index contributed by atoms with van der Waals surface area (Å²) in [5, 5.41) is 0. The standard InChI is InChI=1S/C20H20/c1-3-7-16(8-4-1)20(17-9-5-2-6-10-17)19-14-15-11-12-18(19)13-15/h1-10,14-15,18,20H,11-13H2. The molecule has 2 aliphatic carbocycles. The molecule has 0 saturated heterocycles. The van der Waals surface area contributed by atoms with E-state index >= 15 is 0 Å². The monoisotopic (exact) mass is 260 g/mol. The van der Waals surface area contributed by atoms with E-state index in [0.717, 1.165) is 11.8 Å². The quantitative estimate of drug-likeness (QED) is 0.667. The minimum Gasteiger partial charge on any atom is -0.0810 e. The Bertz CT molecular complexity index is 570. The van der Waals surface area contributed by atoms with Crippen molar-refractivity contribution in [2.75, 3.05) is 0 Å². The van der Waals surface area contributed by atoms with Gasteiger partial charge < -0.3 is 0 Å². The van der Waals surface area contributed by atoms with Gasteiger partial charge in [-0.15, -0.1) is 0 Å². The van der Waals surface area contributed by atoms with E-state index in [1.165, 1.54) is 30.4 Å². The summed E-state index contributed by atoms with van der Waals surface area (Å²) in [7, 11) is 0. The summed E-state index contributed by atoms with van der Waals surface area (Å²) in [4.78, 5) is 0. The number of fused-ring (bicyclic) bond motifs is 2. The Balaban J connectivity index is 1.80. The van der Waals surface area contributed by atoms with E-state index in [4.69, 9.17) is 0 Å². The van der Waals surface area contributed by atoms with Crippen LogP contribution in [0, 0.1) is 11.8 Å². The van der Waals surface area contributed by atoms with Gasteiger partial charge in [0, 0.05) is 5.92 Å². The molecule has 2 aliphatic rings. The van der Waals surface area contributed by atoms with Gasteiger partial charge in [-0.25, -0.2) is 0 Å². The van der Waals surface area contributed by atoms with E-state index in [0.29, 0.717) is 5.92 Å². The van der Waals surface area contributed by atoms with E-state index in [1.54, 1.807) is 5.57 Å². The molecule has 0 heterocycles. The number of benzene rings is 2.